The number of aliphatic hydroxyl groups is 1. The molecule has 1 N–H and O–H groups in total. The van der Waals surface area contributed by atoms with E-state index in [1.807, 2.05) is 6.08 Å². The van der Waals surface area contributed by atoms with Crippen LogP contribution in [-0.2, 0) is 0 Å². The van der Waals surface area contributed by atoms with Crippen LogP contribution >= 0.6 is 0 Å². The molecule has 0 radical (unpaired) electrons. The van der Waals surface area contributed by atoms with Gasteiger partial charge in [0.15, 0.2) is 0 Å². The first-order chi connectivity index (χ1) is 5.54. The molecule has 12 heavy (non-hydrogen) atoms. The summed E-state index contributed by atoms with van der Waals surface area (Å²) in [6.07, 6.45) is 4.49. The van der Waals surface area contributed by atoms with Crippen molar-refractivity contribution >= 4 is 0 Å². The predicted molar refractivity (Wildman–Crippen MR) is 47.7 cm³/mol. The number of allylic oxidation sites excluding steroid dienone is 1. The first kappa shape index (κ1) is 9.72. The molecule has 0 saturated heterocycles. The average Bonchev–Trinajstić information content (AvgIpc) is 2.03. The van der Waals surface area contributed by atoms with E-state index < -0.39 is 5.67 Å². The average molecular weight is 172 g/mol. The summed E-state index contributed by atoms with van der Waals surface area (Å²) in [5.41, 5.74) is -0.00666. The molecule has 0 spiro atoms. The van der Waals surface area contributed by atoms with Gasteiger partial charge in [-0.1, -0.05) is 6.08 Å². The molecule has 1 unspecified atom stereocenters. The lowest BCUT2D eigenvalue weighted by Gasteiger charge is -2.29. The Balaban J connectivity index is 2.52. The zero-order chi connectivity index (χ0) is 9.19. The van der Waals surface area contributed by atoms with Crippen LogP contribution in [0.3, 0.4) is 0 Å². The van der Waals surface area contributed by atoms with Crippen molar-refractivity contribution in [3.05, 3.63) is 11.6 Å². The Hall–Kier alpha value is -0.370. The third kappa shape index (κ3) is 2.31. The van der Waals surface area contributed by atoms with E-state index in [1.165, 1.54) is 0 Å². The maximum atomic E-state index is 13.4. The molecule has 0 aromatic heterocycles. The smallest absolute Gasteiger partial charge is 0.108 e. The zero-order valence-corrected chi connectivity index (χ0v) is 7.81. The SMILES string of the molecule is CC(C)(F)C1CC=C(CO)CC1. The van der Waals surface area contributed by atoms with Crippen molar-refractivity contribution in [2.45, 2.75) is 38.8 Å². The summed E-state index contributed by atoms with van der Waals surface area (Å²) in [5.74, 6) is 0.132. The Morgan fingerprint density at radius 2 is 2.33 bits per heavy atom. The number of alkyl halides is 1. The minimum atomic E-state index is -1.07. The van der Waals surface area contributed by atoms with E-state index in [9.17, 15) is 4.39 Å². The maximum absolute atomic E-state index is 13.4. The van der Waals surface area contributed by atoms with E-state index in [0.717, 1.165) is 24.8 Å². The highest BCUT2D eigenvalue weighted by Gasteiger charge is 2.29. The van der Waals surface area contributed by atoms with E-state index in [4.69, 9.17) is 5.11 Å². The highest BCUT2D eigenvalue weighted by atomic mass is 19.1. The molecule has 1 aliphatic rings. The van der Waals surface area contributed by atoms with Gasteiger partial charge in [-0.2, -0.15) is 0 Å². The summed E-state index contributed by atoms with van der Waals surface area (Å²) in [4.78, 5) is 0. The van der Waals surface area contributed by atoms with E-state index in [-0.39, 0.29) is 12.5 Å². The van der Waals surface area contributed by atoms with Gasteiger partial charge in [0, 0.05) is 0 Å². The lowest BCUT2D eigenvalue weighted by atomic mass is 9.81. The van der Waals surface area contributed by atoms with Gasteiger partial charge in [-0.25, -0.2) is 4.39 Å². The first-order valence-electron chi connectivity index (χ1n) is 4.51. The predicted octanol–water partition coefficient (Wildman–Crippen LogP) is 2.45. The monoisotopic (exact) mass is 172 g/mol. The molecule has 0 fully saturated rings. The molecule has 0 amide bonds. The van der Waals surface area contributed by atoms with E-state index >= 15 is 0 Å². The van der Waals surface area contributed by atoms with Crippen LogP contribution < -0.4 is 0 Å². The highest BCUT2D eigenvalue weighted by molar-refractivity contribution is 5.08. The molecule has 0 heterocycles. The summed E-state index contributed by atoms with van der Waals surface area (Å²) in [5, 5.41) is 8.82. The zero-order valence-electron chi connectivity index (χ0n) is 7.81. The van der Waals surface area contributed by atoms with Gasteiger partial charge in [0.25, 0.3) is 0 Å². The second kappa shape index (κ2) is 3.56. The van der Waals surface area contributed by atoms with Crippen LogP contribution in [-0.4, -0.2) is 17.4 Å². The van der Waals surface area contributed by atoms with Gasteiger partial charge < -0.3 is 5.11 Å². The second-order valence-corrected chi connectivity index (χ2v) is 4.06. The molecule has 0 bridgehead atoms. The maximum Gasteiger partial charge on any atom is 0.108 e. The van der Waals surface area contributed by atoms with Crippen molar-refractivity contribution in [3.8, 4) is 0 Å². The molecular weight excluding hydrogens is 155 g/mol. The number of rotatable bonds is 2. The van der Waals surface area contributed by atoms with Crippen LogP contribution in [0.2, 0.25) is 0 Å². The topological polar surface area (TPSA) is 20.2 Å². The van der Waals surface area contributed by atoms with Gasteiger partial charge in [0.05, 0.1) is 6.61 Å². The number of aliphatic hydroxyl groups excluding tert-OH is 1. The Kier molecular flexibility index (Phi) is 2.89. The van der Waals surface area contributed by atoms with E-state index in [0.29, 0.717) is 0 Å². The van der Waals surface area contributed by atoms with Crippen molar-refractivity contribution in [1.29, 1.82) is 0 Å². The Labute approximate surface area is 73.3 Å². The van der Waals surface area contributed by atoms with Crippen molar-refractivity contribution in [2.75, 3.05) is 6.61 Å². The van der Waals surface area contributed by atoms with Crippen LogP contribution in [0.5, 0.6) is 0 Å². The summed E-state index contributed by atoms with van der Waals surface area (Å²) in [6.45, 7) is 3.41. The van der Waals surface area contributed by atoms with Crippen LogP contribution in [0, 0.1) is 5.92 Å². The fraction of sp³-hybridized carbons (Fsp3) is 0.800. The van der Waals surface area contributed by atoms with Gasteiger partial charge >= 0.3 is 0 Å². The standard InChI is InChI=1S/C10H17FO/c1-10(2,11)9-5-3-8(7-12)4-6-9/h3,9,12H,4-7H2,1-2H3. The largest absolute Gasteiger partial charge is 0.392 e. The fourth-order valence-electron chi connectivity index (χ4n) is 1.66. The molecule has 1 aliphatic carbocycles. The summed E-state index contributed by atoms with van der Waals surface area (Å²) in [7, 11) is 0. The minimum Gasteiger partial charge on any atom is -0.392 e. The van der Waals surface area contributed by atoms with Crippen LogP contribution in [0.1, 0.15) is 33.1 Å². The summed E-state index contributed by atoms with van der Waals surface area (Å²) in [6, 6.07) is 0. The Morgan fingerprint density at radius 1 is 1.67 bits per heavy atom. The third-order valence-corrected chi connectivity index (χ3v) is 2.68. The molecule has 70 valence electrons. The normalized spacial score (nSPS) is 25.3. The van der Waals surface area contributed by atoms with Crippen LogP contribution in [0.25, 0.3) is 0 Å². The van der Waals surface area contributed by atoms with Crippen molar-refractivity contribution in [2.24, 2.45) is 5.92 Å². The quantitative estimate of drug-likeness (QED) is 0.634. The summed E-state index contributed by atoms with van der Waals surface area (Å²) < 4.78 is 13.4. The van der Waals surface area contributed by atoms with Crippen LogP contribution in [0.4, 0.5) is 4.39 Å². The molecule has 1 rings (SSSR count). The molecular formula is C10H17FO. The lowest BCUT2D eigenvalue weighted by molar-refractivity contribution is 0.114. The van der Waals surface area contributed by atoms with Gasteiger partial charge in [-0.15, -0.1) is 0 Å². The van der Waals surface area contributed by atoms with E-state index in [1.54, 1.807) is 13.8 Å². The third-order valence-electron chi connectivity index (χ3n) is 2.68. The highest BCUT2D eigenvalue weighted by Crippen LogP contribution is 2.33. The van der Waals surface area contributed by atoms with Gasteiger partial charge in [-0.05, 0) is 44.6 Å². The minimum absolute atomic E-state index is 0.132. The fourth-order valence-corrected chi connectivity index (χ4v) is 1.66. The van der Waals surface area contributed by atoms with Crippen molar-refractivity contribution in [3.63, 3.8) is 0 Å². The van der Waals surface area contributed by atoms with Gasteiger partial charge in [0.2, 0.25) is 0 Å². The summed E-state index contributed by atoms with van der Waals surface area (Å²) >= 11 is 0. The van der Waals surface area contributed by atoms with Crippen molar-refractivity contribution < 1.29 is 9.50 Å². The molecule has 1 nitrogen and oxygen atoms in total. The molecule has 2 heteroatoms. The Bertz CT molecular complexity index is 179. The molecule has 1 atom stereocenters. The van der Waals surface area contributed by atoms with Gasteiger partial charge in [-0.3, -0.25) is 0 Å². The van der Waals surface area contributed by atoms with Gasteiger partial charge in [0.1, 0.15) is 5.67 Å². The second-order valence-electron chi connectivity index (χ2n) is 4.06. The van der Waals surface area contributed by atoms with Crippen molar-refractivity contribution in [1.82, 2.24) is 0 Å². The lowest BCUT2D eigenvalue weighted by Crippen LogP contribution is -2.27. The van der Waals surface area contributed by atoms with Crippen LogP contribution in [0.15, 0.2) is 11.6 Å². The Morgan fingerprint density at radius 3 is 2.67 bits per heavy atom. The molecule has 0 aromatic rings. The number of hydrogen-bond acceptors (Lipinski definition) is 1. The number of halogens is 1. The first-order valence-corrected chi connectivity index (χ1v) is 4.51. The van der Waals surface area contributed by atoms with E-state index in [2.05, 4.69) is 0 Å². The molecule has 0 aromatic carbocycles. The molecule has 0 aliphatic heterocycles. The molecule has 0 saturated carbocycles. The number of hydrogen-bond donors (Lipinski definition) is 1.